The molecule has 0 spiro atoms. The van der Waals surface area contributed by atoms with Crippen LogP contribution in [0.3, 0.4) is 0 Å². The fourth-order valence-electron chi connectivity index (χ4n) is 4.43. The molecular weight excluding hydrogens is 320 g/mol. The van der Waals surface area contributed by atoms with Crippen molar-refractivity contribution < 1.29 is 19.4 Å². The van der Waals surface area contributed by atoms with Crippen molar-refractivity contribution in [2.75, 3.05) is 26.8 Å². The second kappa shape index (κ2) is 8.04. The van der Waals surface area contributed by atoms with Crippen LogP contribution < -0.4 is 5.32 Å². The van der Waals surface area contributed by atoms with Gasteiger partial charge in [0.2, 0.25) is 5.91 Å². The molecule has 1 amide bonds. The molecule has 3 saturated carbocycles. The van der Waals surface area contributed by atoms with Crippen LogP contribution in [0, 0.1) is 11.3 Å². The van der Waals surface area contributed by atoms with Gasteiger partial charge < -0.3 is 15.2 Å². The Morgan fingerprint density at radius 1 is 1.24 bits per heavy atom. The second-order valence-corrected chi connectivity index (χ2v) is 8.29. The predicted octanol–water partition coefficient (Wildman–Crippen LogP) is 2.03. The monoisotopic (exact) mass is 352 g/mol. The zero-order chi connectivity index (χ0) is 17.9. The number of carboxylic acids is 1. The topological polar surface area (TPSA) is 78.9 Å². The predicted molar refractivity (Wildman–Crippen MR) is 94.3 cm³/mol. The Balaban J connectivity index is 1.47. The molecule has 0 aromatic heterocycles. The van der Waals surface area contributed by atoms with E-state index in [2.05, 4.69) is 10.2 Å². The molecule has 0 aliphatic heterocycles. The number of ether oxygens (including phenoxy) is 1. The highest BCUT2D eigenvalue weighted by atomic mass is 16.5. The lowest BCUT2D eigenvalue weighted by atomic mass is 9.79. The van der Waals surface area contributed by atoms with Gasteiger partial charge in [0.25, 0.3) is 0 Å². The average molecular weight is 352 g/mol. The van der Waals surface area contributed by atoms with Crippen molar-refractivity contribution in [2.24, 2.45) is 11.3 Å². The molecule has 25 heavy (non-hydrogen) atoms. The zero-order valence-corrected chi connectivity index (χ0v) is 15.3. The molecule has 6 heteroatoms. The molecule has 142 valence electrons. The molecule has 0 bridgehead atoms. The smallest absolute Gasteiger partial charge is 0.317 e. The number of hydrogen-bond donors (Lipinski definition) is 2. The number of amides is 1. The molecule has 0 saturated heterocycles. The first-order valence-electron chi connectivity index (χ1n) is 9.78. The van der Waals surface area contributed by atoms with Crippen molar-refractivity contribution in [3.8, 4) is 0 Å². The van der Waals surface area contributed by atoms with Crippen LogP contribution >= 0.6 is 0 Å². The van der Waals surface area contributed by atoms with Crippen LogP contribution in [0.25, 0.3) is 0 Å². The lowest BCUT2D eigenvalue weighted by molar-refractivity contribution is -0.140. The number of nitrogens with one attached hydrogen (secondary N) is 1. The van der Waals surface area contributed by atoms with Gasteiger partial charge in [0.1, 0.15) is 0 Å². The first-order chi connectivity index (χ1) is 12.0. The van der Waals surface area contributed by atoms with Gasteiger partial charge in [-0.3, -0.25) is 14.5 Å². The molecule has 3 aliphatic carbocycles. The van der Waals surface area contributed by atoms with Crippen LogP contribution in [0.2, 0.25) is 0 Å². The van der Waals surface area contributed by atoms with Crippen molar-refractivity contribution in [3.05, 3.63) is 0 Å². The van der Waals surface area contributed by atoms with Crippen LogP contribution in [0.5, 0.6) is 0 Å². The van der Waals surface area contributed by atoms with E-state index < -0.39 is 5.97 Å². The number of rotatable bonds is 10. The van der Waals surface area contributed by atoms with Gasteiger partial charge in [-0.25, -0.2) is 0 Å². The third-order valence-corrected chi connectivity index (χ3v) is 6.32. The van der Waals surface area contributed by atoms with Crippen LogP contribution in [-0.2, 0) is 14.3 Å². The molecular formula is C19H32N2O4. The van der Waals surface area contributed by atoms with E-state index in [0.29, 0.717) is 18.6 Å². The van der Waals surface area contributed by atoms with Crippen molar-refractivity contribution in [1.29, 1.82) is 0 Å². The summed E-state index contributed by atoms with van der Waals surface area (Å²) in [6.45, 7) is 1.66. The number of carboxylic acid groups (broad SMARTS) is 1. The average Bonchev–Trinajstić information content (AvgIpc) is 3.21. The van der Waals surface area contributed by atoms with Gasteiger partial charge in [-0.2, -0.15) is 0 Å². The van der Waals surface area contributed by atoms with Gasteiger partial charge >= 0.3 is 5.97 Å². The molecule has 3 rings (SSSR count). The maximum atomic E-state index is 12.8. The summed E-state index contributed by atoms with van der Waals surface area (Å²) in [4.78, 5) is 26.1. The SMILES string of the molecule is COCCC1(C(=O)NC2CC(N(CC(=O)O)CC3CC3)C2)CCCC1. The summed E-state index contributed by atoms with van der Waals surface area (Å²) in [5, 5.41) is 12.4. The highest BCUT2D eigenvalue weighted by Crippen LogP contribution is 2.42. The third-order valence-electron chi connectivity index (χ3n) is 6.32. The third kappa shape index (κ3) is 4.73. The maximum Gasteiger partial charge on any atom is 0.317 e. The Kier molecular flexibility index (Phi) is 6.00. The van der Waals surface area contributed by atoms with Gasteiger partial charge in [-0.15, -0.1) is 0 Å². The first kappa shape index (κ1) is 18.6. The Bertz CT molecular complexity index is 480. The molecule has 0 heterocycles. The number of carbonyl (C=O) groups excluding carboxylic acids is 1. The lowest BCUT2D eigenvalue weighted by Crippen LogP contribution is -2.57. The van der Waals surface area contributed by atoms with Gasteiger partial charge in [0.15, 0.2) is 0 Å². The largest absolute Gasteiger partial charge is 0.480 e. The highest BCUT2D eigenvalue weighted by Gasteiger charge is 2.44. The summed E-state index contributed by atoms with van der Waals surface area (Å²) in [6.07, 6.45) is 9.19. The fourth-order valence-corrected chi connectivity index (χ4v) is 4.43. The van der Waals surface area contributed by atoms with Gasteiger partial charge in [-0.1, -0.05) is 12.8 Å². The molecule has 3 fully saturated rings. The van der Waals surface area contributed by atoms with Crippen molar-refractivity contribution in [1.82, 2.24) is 10.2 Å². The maximum absolute atomic E-state index is 12.8. The Morgan fingerprint density at radius 3 is 2.48 bits per heavy atom. The molecule has 0 aromatic carbocycles. The fraction of sp³-hybridized carbons (Fsp3) is 0.895. The minimum atomic E-state index is -0.752. The van der Waals surface area contributed by atoms with E-state index in [0.717, 1.165) is 51.5 Å². The van der Waals surface area contributed by atoms with E-state index >= 15 is 0 Å². The van der Waals surface area contributed by atoms with Crippen LogP contribution in [0.15, 0.2) is 0 Å². The molecule has 6 nitrogen and oxygen atoms in total. The molecule has 0 radical (unpaired) electrons. The standard InChI is InChI=1S/C19H32N2O4/c1-25-9-8-19(6-2-3-7-19)18(24)20-15-10-16(11-15)21(13-17(22)23)12-14-4-5-14/h14-16H,2-13H2,1H3,(H,20,24)(H,22,23). The molecule has 2 N–H and O–H groups in total. The van der Waals surface area contributed by atoms with Crippen molar-refractivity contribution in [2.45, 2.75) is 69.9 Å². The summed E-state index contributed by atoms with van der Waals surface area (Å²) < 4.78 is 5.21. The van der Waals surface area contributed by atoms with Gasteiger partial charge in [-0.05, 0) is 50.9 Å². The molecule has 0 unspecified atom stereocenters. The van der Waals surface area contributed by atoms with Crippen LogP contribution in [0.1, 0.15) is 57.8 Å². The quantitative estimate of drug-likeness (QED) is 0.629. The van der Waals surface area contributed by atoms with Gasteiger partial charge in [0.05, 0.1) is 12.0 Å². The van der Waals surface area contributed by atoms with E-state index in [1.54, 1.807) is 7.11 Å². The van der Waals surface area contributed by atoms with Gasteiger partial charge in [0, 0.05) is 32.3 Å². The molecule has 0 atom stereocenters. The summed E-state index contributed by atoms with van der Waals surface area (Å²) >= 11 is 0. The summed E-state index contributed by atoms with van der Waals surface area (Å²) in [5.74, 6) is 0.124. The number of carbonyl (C=O) groups is 2. The van der Waals surface area contributed by atoms with Crippen LogP contribution in [0.4, 0.5) is 0 Å². The van der Waals surface area contributed by atoms with E-state index in [-0.39, 0.29) is 23.9 Å². The molecule has 3 aliphatic rings. The van der Waals surface area contributed by atoms with Crippen LogP contribution in [-0.4, -0.2) is 60.8 Å². The molecule has 0 aromatic rings. The van der Waals surface area contributed by atoms with E-state index in [1.165, 1.54) is 12.8 Å². The lowest BCUT2D eigenvalue weighted by Gasteiger charge is -2.44. The Hall–Kier alpha value is -1.14. The highest BCUT2D eigenvalue weighted by molar-refractivity contribution is 5.83. The summed E-state index contributed by atoms with van der Waals surface area (Å²) in [7, 11) is 1.69. The zero-order valence-electron chi connectivity index (χ0n) is 15.3. The van der Waals surface area contributed by atoms with Crippen molar-refractivity contribution >= 4 is 11.9 Å². The normalized spacial score (nSPS) is 27.9. The summed E-state index contributed by atoms with van der Waals surface area (Å²) in [5.41, 5.74) is -0.240. The number of nitrogens with zero attached hydrogens (tertiary/aromatic N) is 1. The first-order valence-corrected chi connectivity index (χ1v) is 9.78. The van der Waals surface area contributed by atoms with E-state index in [9.17, 15) is 9.59 Å². The number of aliphatic carboxylic acids is 1. The summed E-state index contributed by atoms with van der Waals surface area (Å²) in [6, 6.07) is 0.508. The van der Waals surface area contributed by atoms with E-state index in [1.807, 2.05) is 0 Å². The second-order valence-electron chi connectivity index (χ2n) is 8.29. The minimum absolute atomic E-state index is 0.125. The number of methoxy groups -OCH3 is 1. The van der Waals surface area contributed by atoms with E-state index in [4.69, 9.17) is 9.84 Å². The Labute approximate surface area is 150 Å². The number of hydrogen-bond acceptors (Lipinski definition) is 4. The minimum Gasteiger partial charge on any atom is -0.480 e. The Morgan fingerprint density at radius 2 is 1.92 bits per heavy atom. The van der Waals surface area contributed by atoms with Crippen molar-refractivity contribution in [3.63, 3.8) is 0 Å².